The minimum Gasteiger partial charge on any atom is -0.478 e. The summed E-state index contributed by atoms with van der Waals surface area (Å²) in [6.45, 7) is 2.25. The number of benzene rings is 1. The van der Waals surface area contributed by atoms with Gasteiger partial charge in [0.2, 0.25) is 5.91 Å². The lowest BCUT2D eigenvalue weighted by Crippen LogP contribution is -2.25. The van der Waals surface area contributed by atoms with E-state index in [4.69, 9.17) is 5.11 Å². The molecule has 1 aromatic rings. The first kappa shape index (κ1) is 22.2. The number of anilines is 1. The van der Waals surface area contributed by atoms with E-state index in [0.29, 0.717) is 6.42 Å². The van der Waals surface area contributed by atoms with Crippen molar-refractivity contribution in [1.29, 1.82) is 0 Å². The lowest BCUT2D eigenvalue weighted by Gasteiger charge is -2.17. The summed E-state index contributed by atoms with van der Waals surface area (Å²) in [5.41, 5.74) is 0.975. The summed E-state index contributed by atoms with van der Waals surface area (Å²) in [5.74, 6) is -0.865. The molecule has 0 saturated heterocycles. The number of nitrogens with zero attached hydrogens (tertiary/aromatic N) is 1. The van der Waals surface area contributed by atoms with E-state index in [2.05, 4.69) is 6.92 Å². The highest BCUT2D eigenvalue weighted by atomic mass is 16.4. The zero-order valence-corrected chi connectivity index (χ0v) is 16.5. The first-order chi connectivity index (χ1) is 12.6. The summed E-state index contributed by atoms with van der Waals surface area (Å²) in [5, 5.41) is 8.91. The van der Waals surface area contributed by atoms with Crippen molar-refractivity contribution in [2.24, 2.45) is 0 Å². The van der Waals surface area contributed by atoms with Crippen LogP contribution in [0.25, 0.3) is 0 Å². The molecule has 1 rings (SSSR count). The quantitative estimate of drug-likeness (QED) is 0.410. The molecule has 0 atom stereocenters. The number of rotatable bonds is 14. The van der Waals surface area contributed by atoms with Gasteiger partial charge in [-0.15, -0.1) is 0 Å². The minimum absolute atomic E-state index is 0.0870. The smallest absolute Gasteiger partial charge is 0.335 e. The van der Waals surface area contributed by atoms with Crippen molar-refractivity contribution in [3.63, 3.8) is 0 Å². The second-order valence-electron chi connectivity index (χ2n) is 7.09. The molecule has 4 nitrogen and oxygen atoms in total. The van der Waals surface area contributed by atoms with Gasteiger partial charge >= 0.3 is 5.97 Å². The van der Waals surface area contributed by atoms with Crippen molar-refractivity contribution >= 4 is 17.6 Å². The van der Waals surface area contributed by atoms with Gasteiger partial charge in [-0.3, -0.25) is 4.79 Å². The predicted octanol–water partition coefficient (Wildman–Crippen LogP) is 6.05. The molecular weight excluding hydrogens is 326 g/mol. The van der Waals surface area contributed by atoms with Gasteiger partial charge < -0.3 is 10.0 Å². The van der Waals surface area contributed by atoms with E-state index < -0.39 is 5.97 Å². The summed E-state index contributed by atoms with van der Waals surface area (Å²) in [7, 11) is 1.75. The number of aromatic carboxylic acids is 1. The maximum Gasteiger partial charge on any atom is 0.335 e. The number of hydrogen-bond donors (Lipinski definition) is 1. The molecule has 0 fully saturated rings. The first-order valence-electron chi connectivity index (χ1n) is 10.2. The van der Waals surface area contributed by atoms with E-state index in [-0.39, 0.29) is 11.5 Å². The fraction of sp³-hybridized carbons (Fsp3) is 0.636. The molecule has 0 spiro atoms. The molecule has 1 N–H and O–H groups in total. The zero-order valence-electron chi connectivity index (χ0n) is 16.5. The lowest BCUT2D eigenvalue weighted by molar-refractivity contribution is -0.118. The van der Waals surface area contributed by atoms with E-state index in [1.165, 1.54) is 69.9 Å². The minimum atomic E-state index is -0.952. The predicted molar refractivity (Wildman–Crippen MR) is 108 cm³/mol. The van der Waals surface area contributed by atoms with Gasteiger partial charge in [-0.1, -0.05) is 71.1 Å². The Morgan fingerprint density at radius 1 is 0.808 bits per heavy atom. The van der Waals surface area contributed by atoms with Crippen molar-refractivity contribution in [3.8, 4) is 0 Å². The summed E-state index contributed by atoms with van der Waals surface area (Å²) in [4.78, 5) is 24.7. The summed E-state index contributed by atoms with van der Waals surface area (Å²) in [6.07, 6.45) is 14.5. The normalized spacial score (nSPS) is 10.7. The number of amides is 1. The number of carboxylic acids is 1. The summed E-state index contributed by atoms with van der Waals surface area (Å²) < 4.78 is 0. The third kappa shape index (κ3) is 9.02. The standard InChI is InChI=1S/C22H35NO3/c1-3-4-5-6-7-8-9-10-11-12-13-14-21(24)23(2)20-17-15-19(16-18-20)22(25)26/h15-18H,3-14H2,1-2H3,(H,25,26). The van der Waals surface area contributed by atoms with Crippen molar-refractivity contribution in [1.82, 2.24) is 0 Å². The number of hydrogen-bond acceptors (Lipinski definition) is 2. The van der Waals surface area contributed by atoms with Gasteiger partial charge in [-0.05, 0) is 30.7 Å². The zero-order chi connectivity index (χ0) is 19.2. The molecule has 0 aliphatic heterocycles. The van der Waals surface area contributed by atoms with Gasteiger partial charge in [0.15, 0.2) is 0 Å². The Morgan fingerprint density at radius 3 is 1.73 bits per heavy atom. The van der Waals surface area contributed by atoms with Gasteiger partial charge in [0, 0.05) is 19.2 Å². The molecule has 26 heavy (non-hydrogen) atoms. The van der Waals surface area contributed by atoms with Gasteiger partial charge in [0.25, 0.3) is 0 Å². The highest BCUT2D eigenvalue weighted by Crippen LogP contribution is 2.17. The van der Waals surface area contributed by atoms with E-state index in [9.17, 15) is 9.59 Å². The molecule has 0 heterocycles. The highest BCUT2D eigenvalue weighted by molar-refractivity contribution is 5.94. The van der Waals surface area contributed by atoms with Gasteiger partial charge in [-0.25, -0.2) is 4.79 Å². The van der Waals surface area contributed by atoms with E-state index in [1.807, 2.05) is 0 Å². The average molecular weight is 362 g/mol. The van der Waals surface area contributed by atoms with Crippen molar-refractivity contribution in [2.45, 2.75) is 84.0 Å². The SMILES string of the molecule is CCCCCCCCCCCCCC(=O)N(C)c1ccc(C(=O)O)cc1. The van der Waals surface area contributed by atoms with Crippen molar-refractivity contribution in [3.05, 3.63) is 29.8 Å². The van der Waals surface area contributed by atoms with E-state index in [1.54, 1.807) is 24.1 Å². The fourth-order valence-electron chi connectivity index (χ4n) is 3.08. The largest absolute Gasteiger partial charge is 0.478 e. The number of carboxylic acid groups (broad SMARTS) is 1. The fourth-order valence-corrected chi connectivity index (χ4v) is 3.08. The lowest BCUT2D eigenvalue weighted by atomic mass is 10.1. The maximum absolute atomic E-state index is 12.2. The van der Waals surface area contributed by atoms with Crippen LogP contribution in [-0.4, -0.2) is 24.0 Å². The van der Waals surface area contributed by atoms with Crippen LogP contribution in [0, 0.1) is 0 Å². The van der Waals surface area contributed by atoms with Gasteiger partial charge in [0.05, 0.1) is 5.56 Å². The Balaban J connectivity index is 2.09. The Hall–Kier alpha value is -1.84. The topological polar surface area (TPSA) is 57.6 Å². The van der Waals surface area contributed by atoms with Crippen LogP contribution < -0.4 is 4.90 Å². The van der Waals surface area contributed by atoms with Crippen molar-refractivity contribution < 1.29 is 14.7 Å². The average Bonchev–Trinajstić information content (AvgIpc) is 2.65. The molecule has 0 aromatic heterocycles. The Labute approximate surface area is 158 Å². The van der Waals surface area contributed by atoms with Crippen LogP contribution in [0.3, 0.4) is 0 Å². The van der Waals surface area contributed by atoms with Crippen LogP contribution in [0.1, 0.15) is 94.3 Å². The third-order valence-electron chi connectivity index (χ3n) is 4.87. The van der Waals surface area contributed by atoms with Crippen LogP contribution >= 0.6 is 0 Å². The molecule has 0 aliphatic carbocycles. The van der Waals surface area contributed by atoms with Crippen LogP contribution in [0.15, 0.2) is 24.3 Å². The first-order valence-corrected chi connectivity index (χ1v) is 10.2. The molecule has 0 radical (unpaired) electrons. The molecule has 0 unspecified atom stereocenters. The molecule has 1 amide bonds. The number of unbranched alkanes of at least 4 members (excludes halogenated alkanes) is 10. The molecule has 0 bridgehead atoms. The number of carbonyl (C=O) groups excluding carboxylic acids is 1. The number of carbonyl (C=O) groups is 2. The Kier molecular flexibility index (Phi) is 11.4. The molecule has 146 valence electrons. The summed E-state index contributed by atoms with van der Waals surface area (Å²) in [6, 6.07) is 6.43. The van der Waals surface area contributed by atoms with Crippen molar-refractivity contribution in [2.75, 3.05) is 11.9 Å². The second-order valence-corrected chi connectivity index (χ2v) is 7.09. The second kappa shape index (κ2) is 13.4. The van der Waals surface area contributed by atoms with Crippen LogP contribution in [0.4, 0.5) is 5.69 Å². The van der Waals surface area contributed by atoms with E-state index in [0.717, 1.165) is 18.5 Å². The van der Waals surface area contributed by atoms with E-state index >= 15 is 0 Å². The summed E-state index contributed by atoms with van der Waals surface area (Å²) >= 11 is 0. The Morgan fingerprint density at radius 2 is 1.27 bits per heavy atom. The molecule has 0 aliphatic rings. The Bertz CT molecular complexity index is 525. The van der Waals surface area contributed by atoms with Gasteiger partial charge in [-0.2, -0.15) is 0 Å². The molecule has 1 aromatic carbocycles. The monoisotopic (exact) mass is 361 g/mol. The van der Waals surface area contributed by atoms with Gasteiger partial charge in [0.1, 0.15) is 0 Å². The maximum atomic E-state index is 12.2. The molecular formula is C22H35NO3. The van der Waals surface area contributed by atoms with Crippen LogP contribution in [-0.2, 0) is 4.79 Å². The third-order valence-corrected chi connectivity index (χ3v) is 4.87. The molecule has 0 saturated carbocycles. The van der Waals surface area contributed by atoms with Crippen LogP contribution in [0.5, 0.6) is 0 Å². The highest BCUT2D eigenvalue weighted by Gasteiger charge is 2.11. The van der Waals surface area contributed by atoms with Crippen LogP contribution in [0.2, 0.25) is 0 Å². The molecule has 4 heteroatoms.